The number of aliphatic hydroxyl groups excluding tert-OH is 4. The second-order valence-corrected chi connectivity index (χ2v) is 8.39. The maximum Gasteiger partial charge on any atom is 0.278 e. The van der Waals surface area contributed by atoms with Crippen LogP contribution >= 0.6 is 11.8 Å². The SMILES string of the molecule is CCC.CSC1OC([C@H](NC(=O)[C@H]2CCC[NH+]2C)[C@@H](C)O)C(O)[C@H](O)[C@@H]1O. The number of hydrogen-bond acceptors (Lipinski definition) is 7. The number of thioether (sulfide) groups is 1. The van der Waals surface area contributed by atoms with Crippen LogP contribution in [0.25, 0.3) is 0 Å². The van der Waals surface area contributed by atoms with Gasteiger partial charge in [-0.3, -0.25) is 4.79 Å². The Morgan fingerprint density at radius 1 is 1.26 bits per heavy atom. The molecule has 2 aliphatic heterocycles. The molecule has 1 amide bonds. The Kier molecular flexibility index (Phi) is 10.5. The zero-order valence-corrected chi connectivity index (χ0v) is 17.8. The predicted octanol–water partition coefficient (Wildman–Crippen LogP) is -1.88. The number of amides is 1. The van der Waals surface area contributed by atoms with Crippen molar-refractivity contribution in [2.24, 2.45) is 0 Å². The molecule has 2 fully saturated rings. The third kappa shape index (κ3) is 6.28. The molecule has 160 valence electrons. The van der Waals surface area contributed by atoms with Gasteiger partial charge < -0.3 is 35.4 Å². The van der Waals surface area contributed by atoms with Gasteiger partial charge in [0, 0.05) is 12.8 Å². The highest BCUT2D eigenvalue weighted by Crippen LogP contribution is 2.29. The average Bonchev–Trinajstić information content (AvgIpc) is 3.05. The Labute approximate surface area is 166 Å². The minimum atomic E-state index is -1.41. The first-order chi connectivity index (χ1) is 12.7. The van der Waals surface area contributed by atoms with Crippen LogP contribution in [0.5, 0.6) is 0 Å². The third-order valence-corrected chi connectivity index (χ3v) is 5.85. The minimum Gasteiger partial charge on any atom is -0.391 e. The molecule has 2 rings (SSSR count). The summed E-state index contributed by atoms with van der Waals surface area (Å²) in [7, 11) is 1.95. The Balaban J connectivity index is 0.00000114. The first-order valence-electron chi connectivity index (χ1n) is 9.72. The molecule has 0 bridgehead atoms. The van der Waals surface area contributed by atoms with Crippen molar-refractivity contribution < 1.29 is 34.9 Å². The fourth-order valence-corrected chi connectivity index (χ4v) is 4.15. The number of hydrogen-bond donors (Lipinski definition) is 6. The fourth-order valence-electron chi connectivity index (χ4n) is 3.47. The maximum atomic E-state index is 12.5. The molecule has 0 radical (unpaired) electrons. The molecule has 9 heteroatoms. The summed E-state index contributed by atoms with van der Waals surface area (Å²) in [4.78, 5) is 13.6. The molecule has 9 atom stereocenters. The molecule has 2 aliphatic rings. The van der Waals surface area contributed by atoms with Crippen molar-refractivity contribution >= 4 is 17.7 Å². The van der Waals surface area contributed by atoms with E-state index in [-0.39, 0.29) is 11.9 Å². The van der Waals surface area contributed by atoms with Crippen LogP contribution in [0.1, 0.15) is 40.0 Å². The maximum absolute atomic E-state index is 12.5. The van der Waals surface area contributed by atoms with E-state index in [4.69, 9.17) is 4.74 Å². The van der Waals surface area contributed by atoms with Crippen LogP contribution in [-0.2, 0) is 9.53 Å². The van der Waals surface area contributed by atoms with Gasteiger partial charge in [0.05, 0.1) is 25.7 Å². The molecule has 2 heterocycles. The van der Waals surface area contributed by atoms with Gasteiger partial charge in [-0.05, 0) is 13.2 Å². The van der Waals surface area contributed by atoms with E-state index in [1.54, 1.807) is 6.26 Å². The van der Waals surface area contributed by atoms with Crippen LogP contribution < -0.4 is 10.2 Å². The van der Waals surface area contributed by atoms with Crippen molar-refractivity contribution in [2.75, 3.05) is 19.8 Å². The number of nitrogens with one attached hydrogen (secondary N) is 2. The Morgan fingerprint density at radius 3 is 2.30 bits per heavy atom. The van der Waals surface area contributed by atoms with Crippen LogP contribution in [0.2, 0.25) is 0 Å². The number of carbonyl (C=O) groups excluding carboxylic acids is 1. The van der Waals surface area contributed by atoms with Gasteiger partial charge in [0.15, 0.2) is 6.04 Å². The molecule has 0 aromatic heterocycles. The molecule has 6 N–H and O–H groups in total. The second-order valence-electron chi connectivity index (χ2n) is 7.45. The van der Waals surface area contributed by atoms with Crippen molar-refractivity contribution in [3.63, 3.8) is 0 Å². The summed E-state index contributed by atoms with van der Waals surface area (Å²) >= 11 is 1.20. The van der Waals surface area contributed by atoms with E-state index in [9.17, 15) is 25.2 Å². The predicted molar refractivity (Wildman–Crippen MR) is 105 cm³/mol. The molecule has 0 aromatic carbocycles. The zero-order valence-electron chi connectivity index (χ0n) is 17.0. The smallest absolute Gasteiger partial charge is 0.278 e. The molecule has 4 unspecified atom stereocenters. The van der Waals surface area contributed by atoms with Crippen LogP contribution in [0.4, 0.5) is 0 Å². The van der Waals surface area contributed by atoms with Crippen molar-refractivity contribution in [3.8, 4) is 0 Å². The normalized spacial score (nSPS) is 38.5. The van der Waals surface area contributed by atoms with Crippen LogP contribution in [0.15, 0.2) is 0 Å². The number of aliphatic hydroxyl groups is 4. The summed E-state index contributed by atoms with van der Waals surface area (Å²) in [6.45, 7) is 6.66. The lowest BCUT2D eigenvalue weighted by atomic mass is 9.92. The van der Waals surface area contributed by atoms with Crippen molar-refractivity contribution in [3.05, 3.63) is 0 Å². The van der Waals surface area contributed by atoms with E-state index in [0.29, 0.717) is 0 Å². The number of likely N-dealkylation sites (tertiary alicyclic amines) is 1. The lowest BCUT2D eigenvalue weighted by Crippen LogP contribution is -3.12. The number of likely N-dealkylation sites (N-methyl/N-ethyl adjacent to an activating group) is 1. The first-order valence-corrected chi connectivity index (χ1v) is 11.0. The summed E-state index contributed by atoms with van der Waals surface area (Å²) in [5.74, 6) is -0.201. The van der Waals surface area contributed by atoms with Crippen LogP contribution in [0.3, 0.4) is 0 Å². The number of quaternary nitrogens is 1. The Morgan fingerprint density at radius 2 is 1.85 bits per heavy atom. The quantitative estimate of drug-likeness (QED) is 0.314. The van der Waals surface area contributed by atoms with E-state index in [1.807, 2.05) is 7.05 Å². The van der Waals surface area contributed by atoms with Gasteiger partial charge in [-0.2, -0.15) is 0 Å². The molecule has 27 heavy (non-hydrogen) atoms. The summed E-state index contributed by atoms with van der Waals surface area (Å²) in [5.41, 5.74) is -0.744. The first kappa shape index (κ1) is 24.6. The molecule has 0 spiro atoms. The monoisotopic (exact) mass is 409 g/mol. The van der Waals surface area contributed by atoms with E-state index >= 15 is 0 Å². The second kappa shape index (κ2) is 11.5. The van der Waals surface area contributed by atoms with E-state index in [2.05, 4.69) is 19.2 Å². The minimum absolute atomic E-state index is 0.196. The Bertz CT molecular complexity index is 454. The topological polar surface area (TPSA) is 124 Å². The van der Waals surface area contributed by atoms with E-state index in [1.165, 1.54) is 25.1 Å². The van der Waals surface area contributed by atoms with Gasteiger partial charge in [-0.15, -0.1) is 11.8 Å². The highest BCUT2D eigenvalue weighted by Gasteiger charge is 2.48. The average molecular weight is 410 g/mol. The summed E-state index contributed by atoms with van der Waals surface area (Å²) in [6, 6.07) is -1.07. The number of rotatable bonds is 5. The largest absolute Gasteiger partial charge is 0.391 e. The molecule has 8 nitrogen and oxygen atoms in total. The number of ether oxygens (including phenoxy) is 1. The van der Waals surface area contributed by atoms with Gasteiger partial charge in [0.25, 0.3) is 5.91 Å². The molecule has 0 saturated carbocycles. The van der Waals surface area contributed by atoms with Crippen LogP contribution in [-0.4, -0.2) is 94.2 Å². The van der Waals surface area contributed by atoms with Gasteiger partial charge in [-0.25, -0.2) is 0 Å². The highest BCUT2D eigenvalue weighted by molar-refractivity contribution is 7.99. The van der Waals surface area contributed by atoms with Crippen molar-refractivity contribution in [1.29, 1.82) is 0 Å². The van der Waals surface area contributed by atoms with Gasteiger partial charge in [0.2, 0.25) is 0 Å². The zero-order chi connectivity index (χ0) is 20.7. The van der Waals surface area contributed by atoms with Crippen molar-refractivity contribution in [1.82, 2.24) is 5.32 Å². The van der Waals surface area contributed by atoms with Crippen LogP contribution in [0, 0.1) is 0 Å². The Hall–Kier alpha value is -0.420. The number of carbonyl (C=O) groups is 1. The van der Waals surface area contributed by atoms with Gasteiger partial charge in [-0.1, -0.05) is 20.3 Å². The fraction of sp³-hybridized carbons (Fsp3) is 0.944. The lowest BCUT2D eigenvalue weighted by Gasteiger charge is -2.44. The van der Waals surface area contributed by atoms with Crippen molar-refractivity contribution in [2.45, 2.75) is 88.1 Å². The third-order valence-electron chi connectivity index (χ3n) is 5.00. The summed E-state index contributed by atoms with van der Waals surface area (Å²) in [6.07, 6.45) is -1.34. The molecule has 0 aromatic rings. The lowest BCUT2D eigenvalue weighted by molar-refractivity contribution is -0.882. The molecule has 0 aliphatic carbocycles. The molecule has 2 saturated heterocycles. The summed E-state index contributed by atoms with van der Waals surface area (Å²) < 4.78 is 5.67. The molecular weight excluding hydrogens is 372 g/mol. The standard InChI is InChI=1S/C15H28N2O6S.C3H8/c1-7(18)9(16-14(22)8-5-4-6-17(8)2)13-11(20)10(19)12(21)15(23-13)24-3;1-3-2/h7-13,15,18-21H,4-6H2,1-3H3,(H,16,22);3H2,1-2H3/p+1/t7-,8-,9-,10+,11?,12+,13?,15?;/m1./s1. The highest BCUT2D eigenvalue weighted by atomic mass is 32.2. The molecular formula is C18H37N2O6S+. The van der Waals surface area contributed by atoms with Gasteiger partial charge >= 0.3 is 0 Å². The van der Waals surface area contributed by atoms with E-state index in [0.717, 1.165) is 24.3 Å². The van der Waals surface area contributed by atoms with E-state index < -0.39 is 42.0 Å². The van der Waals surface area contributed by atoms with Gasteiger partial charge in [0.1, 0.15) is 29.9 Å². The summed E-state index contributed by atoms with van der Waals surface area (Å²) in [5, 5.41) is 43.1.